The Balaban J connectivity index is 1.97. The minimum atomic E-state index is -0.740. The summed E-state index contributed by atoms with van der Waals surface area (Å²) >= 11 is 13.6. The van der Waals surface area contributed by atoms with Crippen LogP contribution in [0.5, 0.6) is 0 Å². The van der Waals surface area contributed by atoms with Gasteiger partial charge in [0, 0.05) is 34.2 Å². The fourth-order valence-electron chi connectivity index (χ4n) is 2.06. The molecule has 2 aromatic rings. The molecule has 130 valence electrons. The Morgan fingerprint density at radius 1 is 1.29 bits per heavy atom. The van der Waals surface area contributed by atoms with Crippen molar-refractivity contribution >= 4 is 40.5 Å². The molecule has 1 heterocycles. The maximum Gasteiger partial charge on any atom is 0.191 e. The third kappa shape index (κ3) is 5.94. The molecule has 0 fully saturated rings. The van der Waals surface area contributed by atoms with E-state index in [-0.39, 0.29) is 0 Å². The molecule has 8 heteroatoms. The van der Waals surface area contributed by atoms with Crippen molar-refractivity contribution in [2.45, 2.75) is 26.5 Å². The standard InChI is InChI=1S/C16H20Cl2N4OS/c1-3-19-16(21-8-14-7-20-10(2)24-14)22-9-15(23)11-4-12(17)6-13(18)5-11/h4-7,15,23H,3,8-9H2,1-2H3,(H2,19,21,22). The zero-order chi connectivity index (χ0) is 17.5. The fourth-order valence-corrected chi connectivity index (χ4v) is 3.32. The van der Waals surface area contributed by atoms with E-state index in [4.69, 9.17) is 23.2 Å². The van der Waals surface area contributed by atoms with Crippen molar-refractivity contribution in [1.29, 1.82) is 0 Å². The zero-order valence-electron chi connectivity index (χ0n) is 13.5. The lowest BCUT2D eigenvalue weighted by molar-refractivity contribution is 0.181. The van der Waals surface area contributed by atoms with Crippen molar-refractivity contribution in [2.75, 3.05) is 13.1 Å². The number of nitrogens with zero attached hydrogens (tertiary/aromatic N) is 2. The Hall–Kier alpha value is -1.34. The molecule has 0 spiro atoms. The van der Waals surface area contributed by atoms with Gasteiger partial charge in [0.2, 0.25) is 0 Å². The van der Waals surface area contributed by atoms with Gasteiger partial charge in [-0.1, -0.05) is 23.2 Å². The summed E-state index contributed by atoms with van der Waals surface area (Å²) in [5.41, 5.74) is 0.661. The van der Waals surface area contributed by atoms with Crippen LogP contribution < -0.4 is 10.6 Å². The van der Waals surface area contributed by atoms with Gasteiger partial charge in [-0.05, 0) is 37.6 Å². The Morgan fingerprint density at radius 3 is 2.58 bits per heavy atom. The van der Waals surface area contributed by atoms with Crippen molar-refractivity contribution in [1.82, 2.24) is 15.6 Å². The Morgan fingerprint density at radius 2 is 2.00 bits per heavy atom. The van der Waals surface area contributed by atoms with Gasteiger partial charge in [-0.3, -0.25) is 0 Å². The van der Waals surface area contributed by atoms with Crippen LogP contribution in [0.4, 0.5) is 0 Å². The lowest BCUT2D eigenvalue weighted by Crippen LogP contribution is -2.39. The number of aryl methyl sites for hydroxylation is 1. The van der Waals surface area contributed by atoms with E-state index in [0.29, 0.717) is 34.7 Å². The number of hydrogen-bond donors (Lipinski definition) is 3. The summed E-state index contributed by atoms with van der Waals surface area (Å²) in [6, 6.07) is 5.03. The number of aliphatic hydroxyl groups is 1. The predicted molar refractivity (Wildman–Crippen MR) is 101 cm³/mol. The number of thiazole rings is 1. The molecule has 1 atom stereocenters. The van der Waals surface area contributed by atoms with Crippen molar-refractivity contribution in [3.05, 3.63) is 49.9 Å². The molecule has 0 saturated carbocycles. The van der Waals surface area contributed by atoms with Crippen LogP contribution in [-0.4, -0.2) is 29.1 Å². The maximum absolute atomic E-state index is 10.3. The fraction of sp³-hybridized carbons (Fsp3) is 0.375. The van der Waals surface area contributed by atoms with Crippen LogP contribution in [0.1, 0.15) is 28.5 Å². The Kier molecular flexibility index (Phi) is 7.30. The van der Waals surface area contributed by atoms with Gasteiger partial charge in [-0.2, -0.15) is 0 Å². The average Bonchev–Trinajstić information content (AvgIpc) is 2.94. The molecule has 1 unspecified atom stereocenters. The Bertz CT molecular complexity index is 685. The lowest BCUT2D eigenvalue weighted by atomic mass is 10.1. The third-order valence-electron chi connectivity index (χ3n) is 3.14. The normalized spacial score (nSPS) is 13.0. The highest BCUT2D eigenvalue weighted by Crippen LogP contribution is 2.23. The summed E-state index contributed by atoms with van der Waals surface area (Å²) in [4.78, 5) is 9.80. The second kappa shape index (κ2) is 9.22. The molecule has 1 aromatic heterocycles. The smallest absolute Gasteiger partial charge is 0.191 e. The van der Waals surface area contributed by atoms with E-state index in [9.17, 15) is 5.11 Å². The van der Waals surface area contributed by atoms with Crippen LogP contribution >= 0.6 is 34.5 Å². The number of benzene rings is 1. The number of hydrogen-bond acceptors (Lipinski definition) is 4. The van der Waals surface area contributed by atoms with Crippen LogP contribution in [0.2, 0.25) is 10.0 Å². The molecule has 0 radical (unpaired) electrons. The number of aliphatic imine (C=N–C) groups is 1. The first-order chi connectivity index (χ1) is 11.5. The van der Waals surface area contributed by atoms with Gasteiger partial charge in [-0.15, -0.1) is 11.3 Å². The van der Waals surface area contributed by atoms with Crippen LogP contribution in [0.15, 0.2) is 29.4 Å². The molecule has 0 saturated heterocycles. The number of rotatable bonds is 6. The molecule has 2 rings (SSSR count). The van der Waals surface area contributed by atoms with Crippen LogP contribution in [0.25, 0.3) is 0 Å². The van der Waals surface area contributed by atoms with E-state index >= 15 is 0 Å². The minimum Gasteiger partial charge on any atom is -0.387 e. The van der Waals surface area contributed by atoms with Gasteiger partial charge in [-0.25, -0.2) is 9.98 Å². The zero-order valence-corrected chi connectivity index (χ0v) is 15.8. The molecule has 0 bridgehead atoms. The molecule has 5 nitrogen and oxygen atoms in total. The van der Waals surface area contributed by atoms with Crippen LogP contribution in [-0.2, 0) is 6.54 Å². The van der Waals surface area contributed by atoms with E-state index in [1.54, 1.807) is 29.5 Å². The van der Waals surface area contributed by atoms with Gasteiger partial charge in [0.25, 0.3) is 0 Å². The van der Waals surface area contributed by atoms with Crippen LogP contribution in [0.3, 0.4) is 0 Å². The van der Waals surface area contributed by atoms with Crippen molar-refractivity contribution in [3.63, 3.8) is 0 Å². The topological polar surface area (TPSA) is 69.5 Å². The second-order valence-corrected chi connectivity index (χ2v) is 7.33. The summed E-state index contributed by atoms with van der Waals surface area (Å²) in [6.45, 7) is 5.52. The predicted octanol–water partition coefficient (Wildman–Crippen LogP) is 3.55. The highest BCUT2D eigenvalue weighted by Gasteiger charge is 2.10. The molecule has 0 amide bonds. The SMILES string of the molecule is CCNC(=NCc1cnc(C)s1)NCC(O)c1cc(Cl)cc(Cl)c1. The molecular weight excluding hydrogens is 367 g/mol. The molecule has 0 aliphatic rings. The first-order valence-electron chi connectivity index (χ1n) is 7.55. The highest BCUT2D eigenvalue weighted by atomic mass is 35.5. The summed E-state index contributed by atoms with van der Waals surface area (Å²) in [5.74, 6) is 0.635. The second-order valence-electron chi connectivity index (χ2n) is 5.14. The first kappa shape index (κ1) is 19.0. The Labute approximate surface area is 155 Å². The quantitative estimate of drug-likeness (QED) is 0.524. The third-order valence-corrected chi connectivity index (χ3v) is 4.47. The molecule has 24 heavy (non-hydrogen) atoms. The lowest BCUT2D eigenvalue weighted by Gasteiger charge is -2.16. The van der Waals surface area contributed by atoms with Gasteiger partial charge in [0.1, 0.15) is 0 Å². The minimum absolute atomic E-state index is 0.296. The first-order valence-corrected chi connectivity index (χ1v) is 9.12. The number of guanidine groups is 1. The number of aromatic nitrogens is 1. The van der Waals surface area contributed by atoms with E-state index in [1.807, 2.05) is 20.0 Å². The molecule has 0 aliphatic carbocycles. The summed E-state index contributed by atoms with van der Waals surface area (Å²) in [6.07, 6.45) is 1.09. The van der Waals surface area contributed by atoms with Gasteiger partial charge in [0.15, 0.2) is 5.96 Å². The van der Waals surface area contributed by atoms with Crippen molar-refractivity contribution < 1.29 is 5.11 Å². The molecule has 1 aromatic carbocycles. The van der Waals surface area contributed by atoms with E-state index in [1.165, 1.54) is 0 Å². The number of halogens is 2. The highest BCUT2D eigenvalue weighted by molar-refractivity contribution is 7.11. The number of nitrogens with one attached hydrogen (secondary N) is 2. The van der Waals surface area contributed by atoms with Crippen molar-refractivity contribution in [3.8, 4) is 0 Å². The summed E-state index contributed by atoms with van der Waals surface area (Å²) in [7, 11) is 0. The van der Waals surface area contributed by atoms with Gasteiger partial charge < -0.3 is 15.7 Å². The average molecular weight is 387 g/mol. The van der Waals surface area contributed by atoms with Crippen molar-refractivity contribution in [2.24, 2.45) is 4.99 Å². The monoisotopic (exact) mass is 386 g/mol. The van der Waals surface area contributed by atoms with E-state index < -0.39 is 6.10 Å². The maximum atomic E-state index is 10.3. The molecular formula is C16H20Cl2N4OS. The largest absolute Gasteiger partial charge is 0.387 e. The molecule has 3 N–H and O–H groups in total. The number of aliphatic hydroxyl groups excluding tert-OH is 1. The molecule has 0 aliphatic heterocycles. The summed E-state index contributed by atoms with van der Waals surface area (Å²) < 4.78 is 0. The van der Waals surface area contributed by atoms with Crippen LogP contribution in [0, 0.1) is 6.92 Å². The van der Waals surface area contributed by atoms with E-state index in [2.05, 4.69) is 20.6 Å². The summed E-state index contributed by atoms with van der Waals surface area (Å²) in [5, 5.41) is 18.6. The van der Waals surface area contributed by atoms with Gasteiger partial charge in [0.05, 0.1) is 17.7 Å². The van der Waals surface area contributed by atoms with E-state index in [0.717, 1.165) is 16.4 Å². The van der Waals surface area contributed by atoms with Gasteiger partial charge >= 0.3 is 0 Å².